The maximum Gasteiger partial charge on any atom is 0.185 e. The molecule has 1 N–H and O–H groups in total. The minimum absolute atomic E-state index is 0.0380. The van der Waals surface area contributed by atoms with E-state index >= 15 is 0 Å². The Kier molecular flexibility index (Phi) is 4.26. The van der Waals surface area contributed by atoms with Gasteiger partial charge in [0.1, 0.15) is 11.5 Å². The second-order valence-corrected chi connectivity index (χ2v) is 4.23. The predicted molar refractivity (Wildman–Crippen MR) is 66.1 cm³/mol. The van der Waals surface area contributed by atoms with Gasteiger partial charge in [-0.3, -0.25) is 0 Å². The van der Waals surface area contributed by atoms with E-state index in [-0.39, 0.29) is 12.6 Å². The summed E-state index contributed by atoms with van der Waals surface area (Å²) < 4.78 is 54.8. The predicted octanol–water partition coefficient (Wildman–Crippen LogP) is 3.46. The molecule has 108 valence electrons. The van der Waals surface area contributed by atoms with Crippen LogP contribution in [0.25, 0.3) is 0 Å². The van der Waals surface area contributed by atoms with Crippen LogP contribution < -0.4 is 5.32 Å². The summed E-state index contributed by atoms with van der Waals surface area (Å²) in [5.41, 5.74) is -0.825. The van der Waals surface area contributed by atoms with E-state index in [0.29, 0.717) is 12.4 Å². The van der Waals surface area contributed by atoms with Crippen molar-refractivity contribution in [2.75, 3.05) is 5.32 Å². The molecule has 2 aromatic rings. The summed E-state index contributed by atoms with van der Waals surface area (Å²) >= 11 is 0. The zero-order valence-corrected chi connectivity index (χ0v) is 10.8. The van der Waals surface area contributed by atoms with Crippen molar-refractivity contribution >= 4 is 5.69 Å². The molecule has 0 spiro atoms. The summed E-state index contributed by atoms with van der Waals surface area (Å²) in [6, 6.07) is 0.174. The van der Waals surface area contributed by atoms with Gasteiger partial charge in [0.25, 0.3) is 0 Å². The number of halogens is 4. The van der Waals surface area contributed by atoms with Crippen LogP contribution >= 0.6 is 0 Å². The van der Waals surface area contributed by atoms with Crippen LogP contribution in [-0.4, -0.2) is 9.55 Å². The van der Waals surface area contributed by atoms with E-state index in [4.69, 9.17) is 0 Å². The van der Waals surface area contributed by atoms with Crippen molar-refractivity contribution in [2.24, 2.45) is 0 Å². The smallest absolute Gasteiger partial charge is 0.185 e. The fourth-order valence-corrected chi connectivity index (χ4v) is 1.85. The zero-order valence-electron chi connectivity index (χ0n) is 10.8. The van der Waals surface area contributed by atoms with Crippen molar-refractivity contribution in [1.29, 1.82) is 0 Å². The number of hydrogen-bond acceptors (Lipinski definition) is 2. The standard InChI is InChI=1S/C13H13F4N3/c1-2-4-20-5-3-18-10(20)7-19-13-11(16)8(14)6-9(15)12(13)17/h3,5-6,19H,2,4,7H2,1H3. The van der Waals surface area contributed by atoms with Crippen molar-refractivity contribution < 1.29 is 17.6 Å². The van der Waals surface area contributed by atoms with Crippen LogP contribution in [0.1, 0.15) is 19.2 Å². The van der Waals surface area contributed by atoms with E-state index in [1.54, 1.807) is 17.0 Å². The molecule has 0 bridgehead atoms. The number of imidazole rings is 1. The fourth-order valence-electron chi connectivity index (χ4n) is 1.85. The van der Waals surface area contributed by atoms with E-state index in [1.165, 1.54) is 0 Å². The zero-order chi connectivity index (χ0) is 14.7. The van der Waals surface area contributed by atoms with Gasteiger partial charge < -0.3 is 9.88 Å². The van der Waals surface area contributed by atoms with Gasteiger partial charge in [-0.15, -0.1) is 0 Å². The average Bonchev–Trinajstić information content (AvgIpc) is 2.84. The van der Waals surface area contributed by atoms with Crippen molar-refractivity contribution in [3.05, 3.63) is 47.6 Å². The molecular weight excluding hydrogens is 274 g/mol. The number of nitrogens with one attached hydrogen (secondary N) is 1. The second-order valence-electron chi connectivity index (χ2n) is 4.23. The van der Waals surface area contributed by atoms with Gasteiger partial charge in [-0.25, -0.2) is 22.5 Å². The number of nitrogens with zero attached hydrogens (tertiary/aromatic N) is 2. The Labute approximate surface area is 113 Å². The van der Waals surface area contributed by atoms with Gasteiger partial charge in [0.15, 0.2) is 23.3 Å². The first kappa shape index (κ1) is 14.4. The molecule has 0 radical (unpaired) electrons. The largest absolute Gasteiger partial charge is 0.373 e. The molecule has 3 nitrogen and oxygen atoms in total. The molecule has 1 heterocycles. The lowest BCUT2D eigenvalue weighted by Gasteiger charge is -2.11. The Morgan fingerprint density at radius 1 is 1.15 bits per heavy atom. The lowest BCUT2D eigenvalue weighted by molar-refractivity contribution is 0.458. The Balaban J connectivity index is 2.21. The van der Waals surface area contributed by atoms with Crippen molar-refractivity contribution in [3.63, 3.8) is 0 Å². The summed E-state index contributed by atoms with van der Waals surface area (Å²) in [5, 5.41) is 2.35. The molecule has 0 aliphatic heterocycles. The second kappa shape index (κ2) is 5.94. The highest BCUT2D eigenvalue weighted by atomic mass is 19.2. The summed E-state index contributed by atoms with van der Waals surface area (Å²) in [5.74, 6) is -5.25. The van der Waals surface area contributed by atoms with E-state index in [0.717, 1.165) is 6.42 Å². The van der Waals surface area contributed by atoms with Crippen LogP contribution in [0.3, 0.4) is 0 Å². The minimum atomic E-state index is -1.45. The number of anilines is 1. The summed E-state index contributed by atoms with van der Waals surface area (Å²) in [6.07, 6.45) is 4.13. The summed E-state index contributed by atoms with van der Waals surface area (Å²) in [7, 11) is 0. The van der Waals surface area contributed by atoms with E-state index in [2.05, 4.69) is 10.3 Å². The van der Waals surface area contributed by atoms with Gasteiger partial charge in [0.2, 0.25) is 0 Å². The molecule has 0 atom stereocenters. The van der Waals surface area contributed by atoms with E-state index in [1.807, 2.05) is 6.92 Å². The molecule has 7 heteroatoms. The van der Waals surface area contributed by atoms with Crippen LogP contribution in [0.2, 0.25) is 0 Å². The van der Waals surface area contributed by atoms with Crippen molar-refractivity contribution in [3.8, 4) is 0 Å². The van der Waals surface area contributed by atoms with Gasteiger partial charge in [0.05, 0.1) is 6.54 Å². The van der Waals surface area contributed by atoms with Crippen molar-refractivity contribution in [2.45, 2.75) is 26.4 Å². The molecule has 2 rings (SSSR count). The fraction of sp³-hybridized carbons (Fsp3) is 0.308. The lowest BCUT2D eigenvalue weighted by atomic mass is 10.2. The van der Waals surface area contributed by atoms with Crippen LogP contribution in [0, 0.1) is 23.3 Å². The van der Waals surface area contributed by atoms with E-state index < -0.39 is 29.0 Å². The van der Waals surface area contributed by atoms with Gasteiger partial charge in [-0.1, -0.05) is 6.92 Å². The molecule has 0 aliphatic rings. The Morgan fingerprint density at radius 2 is 1.80 bits per heavy atom. The van der Waals surface area contributed by atoms with Crippen LogP contribution in [0.4, 0.5) is 23.2 Å². The molecule has 0 amide bonds. The molecule has 0 aliphatic carbocycles. The molecule has 0 unspecified atom stereocenters. The first-order valence-electron chi connectivity index (χ1n) is 6.11. The Bertz CT molecular complexity index is 584. The van der Waals surface area contributed by atoms with Gasteiger partial charge >= 0.3 is 0 Å². The van der Waals surface area contributed by atoms with Gasteiger partial charge in [-0.2, -0.15) is 0 Å². The highest BCUT2D eigenvalue weighted by Crippen LogP contribution is 2.24. The molecular formula is C13H13F4N3. The van der Waals surface area contributed by atoms with Gasteiger partial charge in [-0.05, 0) is 6.42 Å². The van der Waals surface area contributed by atoms with Crippen LogP contribution in [0.5, 0.6) is 0 Å². The number of aromatic nitrogens is 2. The highest BCUT2D eigenvalue weighted by Gasteiger charge is 2.19. The van der Waals surface area contributed by atoms with Crippen LogP contribution in [-0.2, 0) is 13.1 Å². The van der Waals surface area contributed by atoms with Crippen molar-refractivity contribution in [1.82, 2.24) is 9.55 Å². The average molecular weight is 287 g/mol. The third-order valence-corrected chi connectivity index (χ3v) is 2.80. The number of hydrogen-bond donors (Lipinski definition) is 1. The monoisotopic (exact) mass is 287 g/mol. The first-order chi connectivity index (χ1) is 9.54. The first-order valence-corrected chi connectivity index (χ1v) is 6.11. The van der Waals surface area contributed by atoms with E-state index in [9.17, 15) is 17.6 Å². The molecule has 0 saturated heterocycles. The maximum absolute atomic E-state index is 13.4. The minimum Gasteiger partial charge on any atom is -0.373 e. The molecule has 0 fully saturated rings. The number of benzene rings is 1. The normalized spacial score (nSPS) is 10.8. The Hall–Kier alpha value is -2.05. The summed E-state index contributed by atoms with van der Waals surface area (Å²) in [4.78, 5) is 4.02. The van der Waals surface area contributed by atoms with Crippen LogP contribution in [0.15, 0.2) is 18.5 Å². The number of aryl methyl sites for hydroxylation is 1. The topological polar surface area (TPSA) is 29.9 Å². The summed E-state index contributed by atoms with van der Waals surface area (Å²) in [6.45, 7) is 2.63. The quantitative estimate of drug-likeness (QED) is 0.674. The maximum atomic E-state index is 13.4. The van der Waals surface area contributed by atoms with Gasteiger partial charge in [0, 0.05) is 25.0 Å². The molecule has 1 aromatic carbocycles. The molecule has 20 heavy (non-hydrogen) atoms. The third-order valence-electron chi connectivity index (χ3n) is 2.80. The third kappa shape index (κ3) is 2.76. The SMILES string of the molecule is CCCn1ccnc1CNc1c(F)c(F)cc(F)c1F. The molecule has 1 aromatic heterocycles. The molecule has 0 saturated carbocycles. The lowest BCUT2D eigenvalue weighted by Crippen LogP contribution is -2.11. The number of rotatable bonds is 5. The highest BCUT2D eigenvalue weighted by molar-refractivity contribution is 5.47. The Morgan fingerprint density at radius 3 is 2.40 bits per heavy atom.